The highest BCUT2D eigenvalue weighted by Gasteiger charge is 2.22. The average Bonchev–Trinajstić information content (AvgIpc) is 3.01. The van der Waals surface area contributed by atoms with Crippen LogP contribution in [-0.4, -0.2) is 32.7 Å². The largest absolute Gasteiger partial charge is 0.448 e. The molecule has 0 bridgehead atoms. The van der Waals surface area contributed by atoms with Crippen LogP contribution in [-0.2, 0) is 16.6 Å². The van der Waals surface area contributed by atoms with Crippen molar-refractivity contribution in [1.82, 2.24) is 14.8 Å². The summed E-state index contributed by atoms with van der Waals surface area (Å²) in [5.41, 5.74) is 2.34. The van der Waals surface area contributed by atoms with Crippen LogP contribution in [0, 0.1) is 6.92 Å². The predicted octanol–water partition coefficient (Wildman–Crippen LogP) is 3.27. The number of rotatable bonds is 6. The summed E-state index contributed by atoms with van der Waals surface area (Å²) in [7, 11) is 1.67. The zero-order valence-corrected chi connectivity index (χ0v) is 17.8. The number of ether oxygens (including phenoxy) is 1. The van der Waals surface area contributed by atoms with Crippen LogP contribution in [0.5, 0.6) is 0 Å². The number of H-pyrrole nitrogens is 1. The Hall–Kier alpha value is -3.42. The van der Waals surface area contributed by atoms with Crippen LogP contribution < -0.4 is 10.7 Å². The highest BCUT2D eigenvalue weighted by molar-refractivity contribution is 5.98. The first kappa shape index (κ1) is 21.3. The van der Waals surface area contributed by atoms with Crippen LogP contribution in [0.2, 0.25) is 0 Å². The van der Waals surface area contributed by atoms with Gasteiger partial charge in [0.25, 0.3) is 5.91 Å². The van der Waals surface area contributed by atoms with Crippen LogP contribution in [0.4, 0.5) is 5.69 Å². The molecule has 0 radical (unpaired) electrons. The van der Waals surface area contributed by atoms with Gasteiger partial charge >= 0.3 is 5.97 Å². The molecule has 0 spiro atoms. The quantitative estimate of drug-likeness (QED) is 0.607. The Morgan fingerprint density at radius 2 is 1.97 bits per heavy atom. The minimum atomic E-state index is -1.05. The molecule has 1 amide bonds. The summed E-state index contributed by atoms with van der Waals surface area (Å²) < 4.78 is 6.79. The highest BCUT2D eigenvalue weighted by Crippen LogP contribution is 2.26. The minimum Gasteiger partial charge on any atom is -0.448 e. The number of anilines is 1. The van der Waals surface area contributed by atoms with Crippen LogP contribution in [0.25, 0.3) is 11.0 Å². The molecule has 30 heavy (non-hydrogen) atoms. The van der Waals surface area contributed by atoms with Gasteiger partial charge in [-0.15, -0.1) is 0 Å². The van der Waals surface area contributed by atoms with Gasteiger partial charge in [0.1, 0.15) is 11.3 Å². The third kappa shape index (κ3) is 4.12. The van der Waals surface area contributed by atoms with E-state index >= 15 is 0 Å². The summed E-state index contributed by atoms with van der Waals surface area (Å²) in [6.45, 7) is 7.37. The number of hydrogen-bond acceptors (Lipinski definition) is 5. The third-order valence-corrected chi connectivity index (χ3v) is 5.23. The number of amides is 1. The first-order valence-corrected chi connectivity index (χ1v) is 9.90. The summed E-state index contributed by atoms with van der Waals surface area (Å²) in [5.74, 6) is -0.955. The molecule has 0 aliphatic heterocycles. The molecule has 0 saturated carbocycles. The van der Waals surface area contributed by atoms with E-state index in [1.807, 2.05) is 24.3 Å². The van der Waals surface area contributed by atoms with E-state index in [1.54, 1.807) is 14.0 Å². The van der Waals surface area contributed by atoms with E-state index in [0.717, 1.165) is 12.0 Å². The number of hydrogen-bond donors (Lipinski definition) is 2. The third-order valence-electron chi connectivity index (χ3n) is 5.23. The maximum atomic E-state index is 12.6. The monoisotopic (exact) mass is 410 g/mol. The van der Waals surface area contributed by atoms with E-state index in [1.165, 1.54) is 17.7 Å². The Morgan fingerprint density at radius 3 is 2.67 bits per heavy atom. The van der Waals surface area contributed by atoms with E-state index in [9.17, 15) is 14.4 Å². The topological polar surface area (TPSA) is 106 Å². The number of nitrogens with one attached hydrogen (secondary N) is 2. The number of esters is 1. The van der Waals surface area contributed by atoms with E-state index in [2.05, 4.69) is 29.2 Å². The molecule has 0 fully saturated rings. The van der Waals surface area contributed by atoms with E-state index in [4.69, 9.17) is 4.74 Å². The number of fused-ring (bicyclic) bond motifs is 1. The van der Waals surface area contributed by atoms with Gasteiger partial charge in [-0.3, -0.25) is 14.3 Å². The fraction of sp³-hybridized carbons (Fsp3) is 0.364. The van der Waals surface area contributed by atoms with E-state index in [0.29, 0.717) is 22.4 Å². The summed E-state index contributed by atoms with van der Waals surface area (Å²) in [4.78, 5) is 40.4. The molecule has 0 saturated heterocycles. The molecular formula is C22H26N4O4. The Bertz CT molecular complexity index is 1160. The SMILES string of the molecule is CCC(C)c1ccccc1NC(=O)C(C)OC(=O)c1cc(=O)c2c(C)nn(C)c2[nH]1. The lowest BCUT2D eigenvalue weighted by Crippen LogP contribution is -2.31. The molecule has 0 aliphatic carbocycles. The molecule has 3 aromatic rings. The number of aryl methyl sites for hydroxylation is 2. The number of aromatic amines is 1. The number of aromatic nitrogens is 3. The number of nitrogens with zero attached hydrogens (tertiary/aromatic N) is 2. The van der Waals surface area contributed by atoms with E-state index in [-0.39, 0.29) is 17.0 Å². The standard InChI is InChI=1S/C22H26N4O4/c1-6-12(2)15-9-7-8-10-16(15)24-21(28)14(4)30-22(29)17-11-18(27)19-13(3)25-26(5)20(19)23-17/h7-12,14H,6H2,1-5H3,(H,23,27)(H,24,28). The molecular weight excluding hydrogens is 384 g/mol. The molecule has 2 heterocycles. The molecule has 8 heteroatoms. The number of para-hydroxylation sites is 1. The van der Waals surface area contributed by atoms with Gasteiger partial charge in [0.05, 0.1) is 11.1 Å². The van der Waals surface area contributed by atoms with Crippen molar-refractivity contribution in [2.45, 2.75) is 46.1 Å². The van der Waals surface area contributed by atoms with Crippen LogP contribution in [0.1, 0.15) is 54.9 Å². The minimum absolute atomic E-state index is 0.0323. The van der Waals surface area contributed by atoms with Gasteiger partial charge in [0.15, 0.2) is 11.5 Å². The molecule has 2 atom stereocenters. The molecule has 158 valence electrons. The Labute approximate surface area is 174 Å². The lowest BCUT2D eigenvalue weighted by molar-refractivity contribution is -0.123. The van der Waals surface area contributed by atoms with Gasteiger partial charge in [-0.1, -0.05) is 32.0 Å². The first-order chi connectivity index (χ1) is 14.2. The van der Waals surface area contributed by atoms with Crippen molar-refractivity contribution in [2.24, 2.45) is 7.05 Å². The molecule has 8 nitrogen and oxygen atoms in total. The van der Waals surface area contributed by atoms with Crippen molar-refractivity contribution in [3.05, 3.63) is 57.5 Å². The number of carbonyl (C=O) groups excluding carboxylic acids is 2. The maximum absolute atomic E-state index is 12.6. The fourth-order valence-electron chi connectivity index (χ4n) is 3.35. The summed E-state index contributed by atoms with van der Waals surface area (Å²) >= 11 is 0. The van der Waals surface area contributed by atoms with Crippen molar-refractivity contribution in [3.63, 3.8) is 0 Å². The van der Waals surface area contributed by atoms with Crippen LogP contribution >= 0.6 is 0 Å². The van der Waals surface area contributed by atoms with Gasteiger partial charge in [-0.25, -0.2) is 4.79 Å². The molecule has 0 aliphatic rings. The predicted molar refractivity (Wildman–Crippen MR) is 115 cm³/mol. The normalized spacial score (nSPS) is 13.1. The highest BCUT2D eigenvalue weighted by atomic mass is 16.5. The van der Waals surface area contributed by atoms with Gasteiger partial charge in [0.2, 0.25) is 0 Å². The summed E-state index contributed by atoms with van der Waals surface area (Å²) in [6.07, 6.45) is -0.115. The molecule has 1 aromatic carbocycles. The van der Waals surface area contributed by atoms with Crippen molar-refractivity contribution in [3.8, 4) is 0 Å². The number of benzene rings is 1. The Balaban J connectivity index is 1.76. The maximum Gasteiger partial charge on any atom is 0.355 e. The van der Waals surface area contributed by atoms with Gasteiger partial charge in [0, 0.05) is 18.8 Å². The summed E-state index contributed by atoms with van der Waals surface area (Å²) in [5, 5.41) is 7.44. The average molecular weight is 410 g/mol. The second kappa shape index (κ2) is 8.52. The molecule has 3 rings (SSSR count). The second-order valence-electron chi connectivity index (χ2n) is 7.41. The molecule has 2 aromatic heterocycles. The van der Waals surface area contributed by atoms with Gasteiger partial charge < -0.3 is 15.0 Å². The van der Waals surface area contributed by atoms with Crippen molar-refractivity contribution >= 4 is 28.6 Å². The Morgan fingerprint density at radius 1 is 1.27 bits per heavy atom. The fourth-order valence-corrected chi connectivity index (χ4v) is 3.35. The zero-order chi connectivity index (χ0) is 22.0. The van der Waals surface area contributed by atoms with Crippen molar-refractivity contribution < 1.29 is 14.3 Å². The van der Waals surface area contributed by atoms with E-state index < -0.39 is 18.0 Å². The zero-order valence-electron chi connectivity index (χ0n) is 17.8. The summed E-state index contributed by atoms with van der Waals surface area (Å²) in [6, 6.07) is 8.73. The lowest BCUT2D eigenvalue weighted by Gasteiger charge is -2.18. The lowest BCUT2D eigenvalue weighted by atomic mass is 9.97. The Kier molecular flexibility index (Phi) is 6.05. The smallest absolute Gasteiger partial charge is 0.355 e. The van der Waals surface area contributed by atoms with Crippen molar-refractivity contribution in [2.75, 3.05) is 5.32 Å². The van der Waals surface area contributed by atoms with Gasteiger partial charge in [-0.2, -0.15) is 5.10 Å². The van der Waals surface area contributed by atoms with Crippen molar-refractivity contribution in [1.29, 1.82) is 0 Å². The number of carbonyl (C=O) groups is 2. The van der Waals surface area contributed by atoms with Crippen LogP contribution in [0.15, 0.2) is 35.1 Å². The molecule has 2 unspecified atom stereocenters. The molecule has 2 N–H and O–H groups in total. The first-order valence-electron chi connectivity index (χ1n) is 9.90. The second-order valence-corrected chi connectivity index (χ2v) is 7.41. The number of pyridine rings is 1. The van der Waals surface area contributed by atoms with Crippen LogP contribution in [0.3, 0.4) is 0 Å². The van der Waals surface area contributed by atoms with Gasteiger partial charge in [-0.05, 0) is 37.8 Å².